The number of hydrogen-bond donors (Lipinski definition) is 0. The van der Waals surface area contributed by atoms with E-state index in [0.29, 0.717) is 25.3 Å². The summed E-state index contributed by atoms with van der Waals surface area (Å²) in [5.41, 5.74) is 0.846. The Kier molecular flexibility index (Phi) is 4.01. The van der Waals surface area contributed by atoms with Crippen molar-refractivity contribution >= 4 is 17.5 Å². The molecule has 3 rings (SSSR count). The van der Waals surface area contributed by atoms with E-state index in [4.69, 9.17) is 11.6 Å². The molecule has 0 aliphatic carbocycles. The molecule has 3 heterocycles. The van der Waals surface area contributed by atoms with Gasteiger partial charge in [-0.15, -0.1) is 11.6 Å². The Balaban J connectivity index is 1.84. The lowest BCUT2D eigenvalue weighted by Gasteiger charge is -2.25. The molecule has 0 saturated heterocycles. The smallest absolute Gasteiger partial charge is 0.337 e. The molecule has 5 nitrogen and oxygen atoms in total. The van der Waals surface area contributed by atoms with Gasteiger partial charge in [-0.3, -0.25) is 4.79 Å². The quantitative estimate of drug-likeness (QED) is 0.786. The SMILES string of the molecule is O=C(CCl)N1CCc2nn(-c3ccc(C(F)(F)F)cn3)cc2C1. The number of aromatic nitrogens is 3. The molecule has 0 radical (unpaired) electrons. The van der Waals surface area contributed by atoms with Crippen LogP contribution < -0.4 is 0 Å². The van der Waals surface area contributed by atoms with Crippen molar-refractivity contribution in [3.63, 3.8) is 0 Å². The number of nitrogens with zero attached hydrogens (tertiary/aromatic N) is 4. The van der Waals surface area contributed by atoms with Crippen LogP contribution in [-0.4, -0.2) is 38.0 Å². The second-order valence-electron chi connectivity index (χ2n) is 5.15. The van der Waals surface area contributed by atoms with Gasteiger partial charge in [0.25, 0.3) is 0 Å². The predicted molar refractivity (Wildman–Crippen MR) is 76.2 cm³/mol. The normalized spacial score (nSPS) is 14.7. The average Bonchev–Trinajstić information content (AvgIpc) is 2.96. The maximum absolute atomic E-state index is 12.5. The van der Waals surface area contributed by atoms with Gasteiger partial charge in [0.1, 0.15) is 5.88 Å². The van der Waals surface area contributed by atoms with E-state index in [1.165, 1.54) is 10.7 Å². The molecule has 0 atom stereocenters. The van der Waals surface area contributed by atoms with E-state index in [-0.39, 0.29) is 11.8 Å². The van der Waals surface area contributed by atoms with Crippen LogP contribution in [0.4, 0.5) is 13.2 Å². The highest BCUT2D eigenvalue weighted by Crippen LogP contribution is 2.29. The summed E-state index contributed by atoms with van der Waals surface area (Å²) in [4.78, 5) is 17.1. The molecule has 0 spiro atoms. The summed E-state index contributed by atoms with van der Waals surface area (Å²) in [6.07, 6.45) is -1.39. The third-order valence-electron chi connectivity index (χ3n) is 3.63. The van der Waals surface area contributed by atoms with Crippen LogP contribution in [0, 0.1) is 0 Å². The van der Waals surface area contributed by atoms with Gasteiger partial charge in [0.15, 0.2) is 5.82 Å². The van der Waals surface area contributed by atoms with Gasteiger partial charge in [-0.25, -0.2) is 9.67 Å². The Hall–Kier alpha value is -2.09. The minimum absolute atomic E-state index is 0.0794. The van der Waals surface area contributed by atoms with E-state index in [1.54, 1.807) is 11.1 Å². The molecule has 0 fully saturated rings. The number of amides is 1. The highest BCUT2D eigenvalue weighted by atomic mass is 35.5. The summed E-state index contributed by atoms with van der Waals surface area (Å²) >= 11 is 5.55. The first-order valence-electron chi connectivity index (χ1n) is 6.83. The lowest BCUT2D eigenvalue weighted by molar-refractivity contribution is -0.137. The van der Waals surface area contributed by atoms with Gasteiger partial charge < -0.3 is 4.90 Å². The van der Waals surface area contributed by atoms with Crippen LogP contribution in [0.3, 0.4) is 0 Å². The first-order valence-corrected chi connectivity index (χ1v) is 7.36. The van der Waals surface area contributed by atoms with E-state index in [1.807, 2.05) is 0 Å². The van der Waals surface area contributed by atoms with E-state index in [2.05, 4.69) is 10.1 Å². The van der Waals surface area contributed by atoms with E-state index >= 15 is 0 Å². The fraction of sp³-hybridized carbons (Fsp3) is 0.357. The predicted octanol–water partition coefficient (Wildman–Crippen LogP) is 2.41. The van der Waals surface area contributed by atoms with Gasteiger partial charge in [-0.1, -0.05) is 0 Å². The van der Waals surface area contributed by atoms with Crippen LogP contribution in [0.5, 0.6) is 0 Å². The van der Waals surface area contributed by atoms with Crippen molar-refractivity contribution in [2.75, 3.05) is 12.4 Å². The second kappa shape index (κ2) is 5.84. The van der Waals surface area contributed by atoms with Crippen molar-refractivity contribution in [1.82, 2.24) is 19.7 Å². The molecule has 2 aromatic heterocycles. The zero-order chi connectivity index (χ0) is 16.6. The van der Waals surface area contributed by atoms with Crippen molar-refractivity contribution in [1.29, 1.82) is 0 Å². The van der Waals surface area contributed by atoms with Crippen LogP contribution in [-0.2, 0) is 23.9 Å². The summed E-state index contributed by atoms with van der Waals surface area (Å²) in [6.45, 7) is 0.914. The zero-order valence-electron chi connectivity index (χ0n) is 11.8. The number of alkyl halides is 4. The standard InChI is InChI=1S/C14H12ClF3N4O/c15-5-13(23)21-4-3-11-9(7-21)8-22(20-11)12-2-1-10(6-19-12)14(16,17)18/h1-2,6,8H,3-5,7H2. The first kappa shape index (κ1) is 15.8. The molecule has 0 saturated carbocycles. The molecule has 9 heteroatoms. The van der Waals surface area contributed by atoms with Crippen molar-refractivity contribution in [3.8, 4) is 5.82 Å². The van der Waals surface area contributed by atoms with E-state index in [0.717, 1.165) is 23.5 Å². The molecule has 1 amide bonds. The Morgan fingerprint density at radius 2 is 2.13 bits per heavy atom. The van der Waals surface area contributed by atoms with Crippen LogP contribution in [0.1, 0.15) is 16.8 Å². The molecule has 2 aromatic rings. The Morgan fingerprint density at radius 1 is 1.35 bits per heavy atom. The van der Waals surface area contributed by atoms with Crippen LogP contribution in [0.2, 0.25) is 0 Å². The fourth-order valence-electron chi connectivity index (χ4n) is 2.42. The molecule has 23 heavy (non-hydrogen) atoms. The molecule has 122 valence electrons. The molecule has 1 aliphatic rings. The molecule has 0 N–H and O–H groups in total. The lowest BCUT2D eigenvalue weighted by Crippen LogP contribution is -2.36. The summed E-state index contributed by atoms with van der Waals surface area (Å²) in [5.74, 6) is 0.0598. The number of pyridine rings is 1. The Morgan fingerprint density at radius 3 is 2.74 bits per heavy atom. The van der Waals surface area contributed by atoms with Crippen LogP contribution in [0.25, 0.3) is 5.82 Å². The summed E-state index contributed by atoms with van der Waals surface area (Å²) in [5, 5.41) is 4.33. The fourth-order valence-corrected chi connectivity index (χ4v) is 2.59. The molecule has 0 aromatic carbocycles. The summed E-state index contributed by atoms with van der Waals surface area (Å²) < 4.78 is 39.1. The summed E-state index contributed by atoms with van der Waals surface area (Å²) in [6, 6.07) is 2.23. The van der Waals surface area contributed by atoms with Gasteiger partial charge in [0.05, 0.1) is 11.3 Å². The maximum Gasteiger partial charge on any atom is 0.417 e. The van der Waals surface area contributed by atoms with Crippen LogP contribution >= 0.6 is 11.6 Å². The Labute approximate surface area is 134 Å². The van der Waals surface area contributed by atoms with Crippen molar-refractivity contribution < 1.29 is 18.0 Å². The molecular formula is C14H12ClF3N4O. The number of fused-ring (bicyclic) bond motifs is 1. The molecule has 1 aliphatic heterocycles. The number of carbonyl (C=O) groups is 1. The third-order valence-corrected chi connectivity index (χ3v) is 3.86. The average molecular weight is 345 g/mol. The van der Waals surface area contributed by atoms with Gasteiger partial charge in [0.2, 0.25) is 5.91 Å². The van der Waals surface area contributed by atoms with Gasteiger partial charge >= 0.3 is 6.18 Å². The summed E-state index contributed by atoms with van der Waals surface area (Å²) in [7, 11) is 0. The number of halogens is 4. The van der Waals surface area contributed by atoms with E-state index < -0.39 is 11.7 Å². The Bertz CT molecular complexity index is 727. The van der Waals surface area contributed by atoms with Crippen molar-refractivity contribution in [2.24, 2.45) is 0 Å². The second-order valence-corrected chi connectivity index (χ2v) is 5.41. The minimum atomic E-state index is -4.42. The first-order chi connectivity index (χ1) is 10.9. The van der Waals surface area contributed by atoms with Crippen molar-refractivity contribution in [2.45, 2.75) is 19.1 Å². The lowest BCUT2D eigenvalue weighted by atomic mass is 10.1. The maximum atomic E-state index is 12.5. The number of rotatable bonds is 2. The van der Waals surface area contributed by atoms with E-state index in [9.17, 15) is 18.0 Å². The molecular weight excluding hydrogens is 333 g/mol. The van der Waals surface area contributed by atoms with Gasteiger partial charge in [0, 0.05) is 37.5 Å². The number of hydrogen-bond acceptors (Lipinski definition) is 3. The molecule has 0 unspecified atom stereocenters. The van der Waals surface area contributed by atoms with Gasteiger partial charge in [-0.2, -0.15) is 18.3 Å². The topological polar surface area (TPSA) is 51.0 Å². The monoisotopic (exact) mass is 344 g/mol. The number of carbonyl (C=O) groups excluding carboxylic acids is 1. The molecule has 0 bridgehead atoms. The van der Waals surface area contributed by atoms with Gasteiger partial charge in [-0.05, 0) is 12.1 Å². The van der Waals surface area contributed by atoms with Crippen molar-refractivity contribution in [3.05, 3.63) is 41.3 Å². The van der Waals surface area contributed by atoms with Crippen LogP contribution in [0.15, 0.2) is 24.5 Å². The highest BCUT2D eigenvalue weighted by Gasteiger charge is 2.31. The third kappa shape index (κ3) is 3.17. The zero-order valence-corrected chi connectivity index (χ0v) is 12.6. The largest absolute Gasteiger partial charge is 0.417 e. The minimum Gasteiger partial charge on any atom is -0.337 e. The highest BCUT2D eigenvalue weighted by molar-refractivity contribution is 6.27.